The standard InChI is InChI=1S/C35H37N5O5/c1-22-20-27-28(21-26(22)33(43)44)39(3)32(42)29(27)30(23-8-5-4-6-9-23)37-25-12-10-24(11-13-25)31(41)40-18-14-35(15-19-40)34(45)36-16-7-17-38(35)2/h4-6,8-13,20-21,37H,7,14-19H2,1-3H3,(H,36,45)(H,43,44). The second kappa shape index (κ2) is 11.9. The molecule has 0 aliphatic carbocycles. The van der Waals surface area contributed by atoms with Gasteiger partial charge in [-0.2, -0.15) is 0 Å². The zero-order chi connectivity index (χ0) is 31.9. The van der Waals surface area contributed by atoms with Crippen molar-refractivity contribution >= 4 is 46.3 Å². The van der Waals surface area contributed by atoms with Crippen LogP contribution in [-0.2, 0) is 9.59 Å². The van der Waals surface area contributed by atoms with Gasteiger partial charge in [0.05, 0.1) is 22.5 Å². The van der Waals surface area contributed by atoms with Crippen LogP contribution in [0, 0.1) is 6.92 Å². The van der Waals surface area contributed by atoms with E-state index >= 15 is 0 Å². The summed E-state index contributed by atoms with van der Waals surface area (Å²) >= 11 is 0. The van der Waals surface area contributed by atoms with Crippen molar-refractivity contribution in [2.75, 3.05) is 50.5 Å². The topological polar surface area (TPSA) is 122 Å². The average molecular weight is 608 g/mol. The summed E-state index contributed by atoms with van der Waals surface area (Å²) in [5.74, 6) is -1.32. The van der Waals surface area contributed by atoms with E-state index in [1.807, 2.05) is 54.4 Å². The van der Waals surface area contributed by atoms with Crippen LogP contribution in [0.15, 0.2) is 66.7 Å². The number of hydrogen-bond acceptors (Lipinski definition) is 6. The summed E-state index contributed by atoms with van der Waals surface area (Å²) in [6.45, 7) is 4.25. The predicted octanol–water partition coefficient (Wildman–Crippen LogP) is 4.08. The van der Waals surface area contributed by atoms with Crippen LogP contribution in [0.2, 0.25) is 0 Å². The van der Waals surface area contributed by atoms with Gasteiger partial charge in [-0.1, -0.05) is 30.3 Å². The lowest BCUT2D eigenvalue weighted by Gasteiger charge is -2.44. The fourth-order valence-corrected chi connectivity index (χ4v) is 6.70. The molecular weight excluding hydrogens is 570 g/mol. The third kappa shape index (κ3) is 5.35. The first-order chi connectivity index (χ1) is 21.6. The molecule has 3 aliphatic rings. The molecular formula is C35H37N5O5. The Morgan fingerprint density at radius 1 is 0.911 bits per heavy atom. The van der Waals surface area contributed by atoms with Crippen molar-refractivity contribution in [3.63, 3.8) is 0 Å². The molecule has 0 saturated carbocycles. The number of hydrogen-bond donors (Lipinski definition) is 3. The van der Waals surface area contributed by atoms with E-state index in [-0.39, 0.29) is 23.3 Å². The Hall–Kier alpha value is -4.96. The van der Waals surface area contributed by atoms with Gasteiger partial charge in [0.1, 0.15) is 5.54 Å². The number of carboxylic acids is 1. The molecule has 0 radical (unpaired) electrons. The first kappa shape index (κ1) is 30.1. The van der Waals surface area contributed by atoms with E-state index < -0.39 is 11.5 Å². The SMILES string of the molecule is Cc1cc2c(cc1C(=O)O)N(C)C(=O)C2=C(Nc1ccc(C(=O)N2CCC3(CC2)C(=O)NCCCN3C)cc1)c1ccccc1. The molecule has 10 heteroatoms. The maximum Gasteiger partial charge on any atom is 0.336 e. The number of aromatic carboxylic acids is 1. The fraction of sp³-hybridized carbons (Fsp3) is 0.314. The van der Waals surface area contributed by atoms with Gasteiger partial charge in [-0.05, 0) is 80.8 Å². The Morgan fingerprint density at radius 3 is 2.27 bits per heavy atom. The van der Waals surface area contributed by atoms with Gasteiger partial charge < -0.3 is 25.5 Å². The fourth-order valence-electron chi connectivity index (χ4n) is 6.70. The first-order valence-electron chi connectivity index (χ1n) is 15.2. The second-order valence-corrected chi connectivity index (χ2v) is 12.0. The van der Waals surface area contributed by atoms with Crippen molar-refractivity contribution < 1.29 is 24.3 Å². The van der Waals surface area contributed by atoms with Crippen LogP contribution in [0.3, 0.4) is 0 Å². The maximum atomic E-state index is 13.7. The number of benzene rings is 3. The highest BCUT2D eigenvalue weighted by atomic mass is 16.4. The monoisotopic (exact) mass is 607 g/mol. The lowest BCUT2D eigenvalue weighted by Crippen LogP contribution is -2.61. The Bertz CT molecular complexity index is 1710. The molecule has 0 bridgehead atoms. The molecule has 2 fully saturated rings. The summed E-state index contributed by atoms with van der Waals surface area (Å²) in [6, 6.07) is 20.0. The third-order valence-corrected chi connectivity index (χ3v) is 9.42. The van der Waals surface area contributed by atoms with E-state index in [4.69, 9.17) is 0 Å². The van der Waals surface area contributed by atoms with Gasteiger partial charge in [-0.15, -0.1) is 0 Å². The van der Waals surface area contributed by atoms with Gasteiger partial charge in [0.2, 0.25) is 5.91 Å². The normalized spacial score (nSPS) is 19.2. The summed E-state index contributed by atoms with van der Waals surface area (Å²) < 4.78 is 0. The summed E-state index contributed by atoms with van der Waals surface area (Å²) in [6.07, 6.45) is 2.09. The van der Waals surface area contributed by atoms with Crippen molar-refractivity contribution in [1.82, 2.24) is 15.1 Å². The van der Waals surface area contributed by atoms with E-state index in [1.165, 1.54) is 4.90 Å². The van der Waals surface area contributed by atoms with Gasteiger partial charge >= 0.3 is 5.97 Å². The molecule has 10 nitrogen and oxygen atoms in total. The van der Waals surface area contributed by atoms with Gasteiger partial charge in [0, 0.05) is 50.0 Å². The Morgan fingerprint density at radius 2 is 1.60 bits per heavy atom. The Kier molecular flexibility index (Phi) is 7.92. The largest absolute Gasteiger partial charge is 0.478 e. The Balaban J connectivity index is 1.27. The van der Waals surface area contributed by atoms with E-state index in [0.717, 1.165) is 18.5 Å². The number of rotatable bonds is 5. The van der Waals surface area contributed by atoms with Gasteiger partial charge in [-0.3, -0.25) is 19.3 Å². The number of amides is 3. The number of nitrogens with one attached hydrogen (secondary N) is 2. The van der Waals surface area contributed by atoms with Crippen LogP contribution in [0.4, 0.5) is 11.4 Å². The van der Waals surface area contributed by atoms with E-state index in [2.05, 4.69) is 15.5 Å². The molecule has 3 aliphatic heterocycles. The maximum absolute atomic E-state index is 13.7. The lowest BCUT2D eigenvalue weighted by atomic mass is 9.85. The van der Waals surface area contributed by atoms with E-state index in [9.17, 15) is 24.3 Å². The number of anilines is 2. The van der Waals surface area contributed by atoms with Crippen LogP contribution < -0.4 is 15.5 Å². The summed E-state index contributed by atoms with van der Waals surface area (Å²) in [5, 5.41) is 16.1. The minimum absolute atomic E-state index is 0.0559. The second-order valence-electron chi connectivity index (χ2n) is 12.0. The van der Waals surface area contributed by atoms with Crippen LogP contribution in [0.25, 0.3) is 11.3 Å². The molecule has 0 atom stereocenters. The number of aryl methyl sites for hydroxylation is 1. The Labute approximate surface area is 262 Å². The zero-order valence-corrected chi connectivity index (χ0v) is 25.7. The van der Waals surface area contributed by atoms with Crippen molar-refractivity contribution in [3.05, 3.63) is 94.5 Å². The third-order valence-electron chi connectivity index (χ3n) is 9.42. The molecule has 3 heterocycles. The minimum atomic E-state index is -1.05. The predicted molar refractivity (Wildman–Crippen MR) is 173 cm³/mol. The molecule has 45 heavy (non-hydrogen) atoms. The lowest BCUT2D eigenvalue weighted by molar-refractivity contribution is -0.134. The van der Waals surface area contributed by atoms with Crippen molar-refractivity contribution in [2.24, 2.45) is 0 Å². The molecule has 3 amide bonds. The molecule has 3 N–H and O–H groups in total. The number of carbonyl (C=O) groups is 4. The molecule has 1 spiro atoms. The van der Waals surface area contributed by atoms with Crippen LogP contribution in [0.1, 0.15) is 56.7 Å². The van der Waals surface area contributed by atoms with E-state index in [1.54, 1.807) is 38.2 Å². The summed E-state index contributed by atoms with van der Waals surface area (Å²) in [5.41, 5.74) is 4.37. The quantitative estimate of drug-likeness (QED) is 0.374. The average Bonchev–Trinajstić information content (AvgIpc) is 3.20. The number of carbonyl (C=O) groups excluding carboxylic acids is 3. The summed E-state index contributed by atoms with van der Waals surface area (Å²) in [4.78, 5) is 57.3. The van der Waals surface area contributed by atoms with Gasteiger partial charge in [0.15, 0.2) is 0 Å². The van der Waals surface area contributed by atoms with Crippen molar-refractivity contribution in [3.8, 4) is 0 Å². The van der Waals surface area contributed by atoms with Crippen molar-refractivity contribution in [2.45, 2.75) is 31.7 Å². The number of likely N-dealkylation sites (tertiary alicyclic amines) is 1. The molecule has 2 saturated heterocycles. The molecule has 232 valence electrons. The number of nitrogens with zero attached hydrogens (tertiary/aromatic N) is 3. The molecule has 0 aromatic heterocycles. The smallest absolute Gasteiger partial charge is 0.336 e. The molecule has 6 rings (SSSR count). The summed E-state index contributed by atoms with van der Waals surface area (Å²) in [7, 11) is 3.64. The zero-order valence-electron chi connectivity index (χ0n) is 25.7. The van der Waals surface area contributed by atoms with Crippen LogP contribution >= 0.6 is 0 Å². The number of carboxylic acid groups (broad SMARTS) is 1. The molecule has 3 aromatic carbocycles. The molecule has 0 unspecified atom stereocenters. The number of piperidine rings is 1. The highest BCUT2D eigenvalue weighted by Gasteiger charge is 2.46. The van der Waals surface area contributed by atoms with Crippen LogP contribution in [0.5, 0.6) is 0 Å². The highest BCUT2D eigenvalue weighted by molar-refractivity contribution is 6.38. The van der Waals surface area contributed by atoms with Crippen molar-refractivity contribution in [1.29, 1.82) is 0 Å². The number of fused-ring (bicyclic) bond motifs is 1. The van der Waals surface area contributed by atoms with Gasteiger partial charge in [0.25, 0.3) is 11.8 Å². The van der Waals surface area contributed by atoms with E-state index in [0.29, 0.717) is 71.8 Å². The highest BCUT2D eigenvalue weighted by Crippen LogP contribution is 2.42. The first-order valence-corrected chi connectivity index (χ1v) is 15.2. The minimum Gasteiger partial charge on any atom is -0.478 e. The number of likely N-dealkylation sites (N-methyl/N-ethyl adjacent to an activating group) is 2. The van der Waals surface area contributed by atoms with Crippen LogP contribution in [-0.4, -0.2) is 84.4 Å². The van der Waals surface area contributed by atoms with Gasteiger partial charge in [-0.25, -0.2) is 4.79 Å². The molecule has 3 aromatic rings.